The van der Waals surface area contributed by atoms with Gasteiger partial charge >= 0.3 is 0 Å². The average Bonchev–Trinajstić information content (AvgIpc) is 2.35. The fourth-order valence-corrected chi connectivity index (χ4v) is 2.39. The predicted molar refractivity (Wildman–Crippen MR) is 67.0 cm³/mol. The third kappa shape index (κ3) is 3.78. The maximum atomic E-state index is 12.0. The van der Waals surface area contributed by atoms with Gasteiger partial charge in [-0.2, -0.15) is 0 Å². The van der Waals surface area contributed by atoms with Crippen molar-refractivity contribution in [1.29, 1.82) is 0 Å². The summed E-state index contributed by atoms with van der Waals surface area (Å²) in [4.78, 5) is 12.0. The van der Waals surface area contributed by atoms with Crippen LogP contribution >= 0.6 is 0 Å². The van der Waals surface area contributed by atoms with Gasteiger partial charge in [-0.15, -0.1) is 0 Å². The number of hydrogen-bond acceptors (Lipinski definition) is 2. The Bertz CT molecular complexity index is 218. The first kappa shape index (κ1) is 13.5. The van der Waals surface area contributed by atoms with Crippen LogP contribution in [0.25, 0.3) is 0 Å². The maximum absolute atomic E-state index is 12.0. The third-order valence-electron chi connectivity index (χ3n) is 3.87. The molecule has 3 heteroatoms. The van der Waals surface area contributed by atoms with Crippen LogP contribution in [0.3, 0.4) is 0 Å². The molecule has 0 radical (unpaired) electrons. The number of nitrogens with two attached hydrogens (primary N) is 1. The number of nitrogens with one attached hydrogen (secondary N) is 1. The lowest BCUT2D eigenvalue weighted by Crippen LogP contribution is -2.40. The lowest BCUT2D eigenvalue weighted by Gasteiger charge is -2.29. The first-order valence-electron chi connectivity index (χ1n) is 6.66. The number of carbonyl (C=O) groups is 1. The molecule has 0 aliphatic heterocycles. The first-order chi connectivity index (χ1) is 7.69. The number of rotatable bonds is 5. The molecule has 1 saturated carbocycles. The molecule has 3 N–H and O–H groups in total. The Kier molecular flexibility index (Phi) is 5.81. The largest absolute Gasteiger partial charge is 0.356 e. The minimum Gasteiger partial charge on any atom is -0.356 e. The molecular weight excluding hydrogens is 200 g/mol. The molecule has 0 saturated heterocycles. The second-order valence-corrected chi connectivity index (χ2v) is 5.15. The van der Waals surface area contributed by atoms with Crippen LogP contribution in [0.5, 0.6) is 0 Å². The van der Waals surface area contributed by atoms with Gasteiger partial charge in [-0.05, 0) is 31.2 Å². The van der Waals surface area contributed by atoms with E-state index in [1.807, 2.05) is 0 Å². The van der Waals surface area contributed by atoms with Gasteiger partial charge in [0.05, 0.1) is 0 Å². The summed E-state index contributed by atoms with van der Waals surface area (Å²) in [5, 5.41) is 3.07. The zero-order valence-corrected chi connectivity index (χ0v) is 10.7. The van der Waals surface area contributed by atoms with E-state index in [0.29, 0.717) is 18.4 Å². The van der Waals surface area contributed by atoms with Gasteiger partial charge in [-0.1, -0.05) is 33.1 Å². The summed E-state index contributed by atoms with van der Waals surface area (Å²) in [6.45, 7) is 5.78. The summed E-state index contributed by atoms with van der Waals surface area (Å²) in [7, 11) is 0. The Morgan fingerprint density at radius 1 is 1.44 bits per heavy atom. The lowest BCUT2D eigenvalue weighted by atomic mass is 9.78. The van der Waals surface area contributed by atoms with Crippen LogP contribution in [-0.2, 0) is 4.79 Å². The molecule has 0 heterocycles. The Balaban J connectivity index is 2.38. The normalized spacial score (nSPS) is 27.4. The van der Waals surface area contributed by atoms with Gasteiger partial charge in [0, 0.05) is 12.5 Å². The van der Waals surface area contributed by atoms with E-state index in [0.717, 1.165) is 25.8 Å². The molecule has 1 amide bonds. The van der Waals surface area contributed by atoms with Crippen LogP contribution in [0.1, 0.15) is 46.0 Å². The Morgan fingerprint density at radius 2 is 2.12 bits per heavy atom. The molecule has 1 aliphatic carbocycles. The van der Waals surface area contributed by atoms with Crippen LogP contribution in [0.4, 0.5) is 0 Å². The van der Waals surface area contributed by atoms with Crippen LogP contribution in [0.15, 0.2) is 0 Å². The maximum Gasteiger partial charge on any atom is 0.223 e. The van der Waals surface area contributed by atoms with E-state index in [-0.39, 0.29) is 11.8 Å². The van der Waals surface area contributed by atoms with E-state index >= 15 is 0 Å². The first-order valence-corrected chi connectivity index (χ1v) is 6.66. The minimum atomic E-state index is 0.169. The molecule has 0 aromatic carbocycles. The van der Waals surface area contributed by atoms with Crippen molar-refractivity contribution in [2.24, 2.45) is 23.5 Å². The van der Waals surface area contributed by atoms with Gasteiger partial charge in [0.25, 0.3) is 0 Å². The fourth-order valence-electron chi connectivity index (χ4n) is 2.39. The molecule has 1 fully saturated rings. The van der Waals surface area contributed by atoms with Gasteiger partial charge < -0.3 is 11.1 Å². The molecule has 1 aliphatic rings. The highest BCUT2D eigenvalue weighted by Crippen LogP contribution is 2.29. The van der Waals surface area contributed by atoms with Crippen molar-refractivity contribution in [2.45, 2.75) is 46.0 Å². The Labute approximate surface area is 99.2 Å². The monoisotopic (exact) mass is 226 g/mol. The minimum absolute atomic E-state index is 0.169. The van der Waals surface area contributed by atoms with Crippen LogP contribution in [0.2, 0.25) is 0 Å². The van der Waals surface area contributed by atoms with E-state index in [4.69, 9.17) is 5.73 Å². The second-order valence-electron chi connectivity index (χ2n) is 5.15. The Morgan fingerprint density at radius 3 is 2.75 bits per heavy atom. The highest BCUT2D eigenvalue weighted by Gasteiger charge is 2.29. The third-order valence-corrected chi connectivity index (χ3v) is 3.87. The summed E-state index contributed by atoms with van der Waals surface area (Å²) in [5.74, 6) is 1.38. The van der Waals surface area contributed by atoms with Crippen molar-refractivity contribution in [1.82, 2.24) is 5.32 Å². The van der Waals surface area contributed by atoms with E-state index in [2.05, 4.69) is 19.2 Å². The van der Waals surface area contributed by atoms with Crippen LogP contribution in [0, 0.1) is 17.8 Å². The summed E-state index contributed by atoms with van der Waals surface area (Å²) in [6, 6.07) is 0. The number of hydrogen-bond donors (Lipinski definition) is 2. The summed E-state index contributed by atoms with van der Waals surface area (Å²) in [6.07, 6.45) is 5.67. The van der Waals surface area contributed by atoms with Gasteiger partial charge in [-0.25, -0.2) is 0 Å². The van der Waals surface area contributed by atoms with Gasteiger partial charge in [0.2, 0.25) is 5.91 Å². The van der Waals surface area contributed by atoms with Crippen molar-refractivity contribution >= 4 is 5.91 Å². The molecule has 0 aromatic rings. The molecule has 16 heavy (non-hydrogen) atoms. The van der Waals surface area contributed by atoms with Gasteiger partial charge in [-0.3, -0.25) is 4.79 Å². The molecule has 3 atom stereocenters. The predicted octanol–water partition coefficient (Wildman–Crippen LogP) is 1.91. The smallest absolute Gasteiger partial charge is 0.223 e. The molecule has 94 valence electrons. The van der Waals surface area contributed by atoms with Crippen LogP contribution in [-0.4, -0.2) is 19.0 Å². The SMILES string of the molecule is CCC(C)CNC(=O)C1CCCCC1CN. The highest BCUT2D eigenvalue weighted by molar-refractivity contribution is 5.79. The molecular formula is C13H26N2O. The van der Waals surface area contributed by atoms with E-state index in [9.17, 15) is 4.79 Å². The van der Waals surface area contributed by atoms with Gasteiger partial charge in [0.1, 0.15) is 0 Å². The quantitative estimate of drug-likeness (QED) is 0.752. The molecule has 1 rings (SSSR count). The Hall–Kier alpha value is -0.570. The molecule has 0 spiro atoms. The summed E-state index contributed by atoms with van der Waals surface area (Å²) in [5.41, 5.74) is 5.73. The number of amides is 1. The summed E-state index contributed by atoms with van der Waals surface area (Å²) < 4.78 is 0. The zero-order valence-electron chi connectivity index (χ0n) is 10.7. The topological polar surface area (TPSA) is 55.1 Å². The summed E-state index contributed by atoms with van der Waals surface area (Å²) >= 11 is 0. The van der Waals surface area contributed by atoms with Gasteiger partial charge in [0.15, 0.2) is 0 Å². The second kappa shape index (κ2) is 6.89. The molecule has 3 nitrogen and oxygen atoms in total. The molecule has 0 bridgehead atoms. The standard InChI is InChI=1S/C13H26N2O/c1-3-10(2)9-15-13(16)12-7-5-4-6-11(12)8-14/h10-12H,3-9,14H2,1-2H3,(H,15,16). The zero-order chi connectivity index (χ0) is 12.0. The van der Waals surface area contributed by atoms with Crippen molar-refractivity contribution in [3.05, 3.63) is 0 Å². The van der Waals surface area contributed by atoms with Crippen molar-refractivity contribution in [2.75, 3.05) is 13.1 Å². The van der Waals surface area contributed by atoms with E-state index in [1.54, 1.807) is 0 Å². The number of carbonyl (C=O) groups excluding carboxylic acids is 1. The van der Waals surface area contributed by atoms with Crippen molar-refractivity contribution in [3.63, 3.8) is 0 Å². The van der Waals surface area contributed by atoms with E-state index in [1.165, 1.54) is 12.8 Å². The lowest BCUT2D eigenvalue weighted by molar-refractivity contribution is -0.127. The van der Waals surface area contributed by atoms with Crippen molar-refractivity contribution < 1.29 is 4.79 Å². The van der Waals surface area contributed by atoms with Crippen molar-refractivity contribution in [3.8, 4) is 0 Å². The fraction of sp³-hybridized carbons (Fsp3) is 0.923. The average molecular weight is 226 g/mol. The van der Waals surface area contributed by atoms with E-state index < -0.39 is 0 Å². The molecule has 0 aromatic heterocycles. The van der Waals surface area contributed by atoms with Crippen LogP contribution < -0.4 is 11.1 Å². The molecule has 3 unspecified atom stereocenters. The highest BCUT2D eigenvalue weighted by atomic mass is 16.1.